The normalized spacial score (nSPS) is 10.7. The van der Waals surface area contributed by atoms with Gasteiger partial charge in [-0.05, 0) is 57.0 Å². The van der Waals surface area contributed by atoms with E-state index < -0.39 is 0 Å². The van der Waals surface area contributed by atoms with Crippen molar-refractivity contribution in [2.75, 3.05) is 0 Å². The molecule has 2 heteroatoms. The van der Waals surface area contributed by atoms with Gasteiger partial charge in [0.25, 0.3) is 0 Å². The lowest BCUT2D eigenvalue weighted by molar-refractivity contribution is 0.111. The van der Waals surface area contributed by atoms with Crippen LogP contribution in [0.1, 0.15) is 44.1 Å². The molecule has 2 aromatic carbocycles. The van der Waals surface area contributed by atoms with Gasteiger partial charge in [-0.15, -0.1) is 0 Å². The summed E-state index contributed by atoms with van der Waals surface area (Å²) in [6, 6.07) is 13.9. The van der Waals surface area contributed by atoms with Crippen LogP contribution in [0.15, 0.2) is 42.5 Å². The molecule has 0 heterocycles. The van der Waals surface area contributed by atoms with Gasteiger partial charge in [0, 0.05) is 5.56 Å². The minimum absolute atomic E-state index is 0. The molecule has 2 nitrogen and oxygen atoms in total. The Balaban J connectivity index is 0.00000220. The van der Waals surface area contributed by atoms with Crippen molar-refractivity contribution in [1.29, 1.82) is 0 Å². The number of aryl methyl sites for hydroxylation is 1. The maximum absolute atomic E-state index is 11.1. The summed E-state index contributed by atoms with van der Waals surface area (Å²) in [5, 5.41) is 0. The zero-order valence-electron chi connectivity index (χ0n) is 12.4. The Labute approximate surface area is 127 Å². The van der Waals surface area contributed by atoms with Gasteiger partial charge in [-0.2, -0.15) is 0 Å². The van der Waals surface area contributed by atoms with Crippen LogP contribution in [0.2, 0.25) is 0 Å². The van der Waals surface area contributed by atoms with E-state index in [1.165, 1.54) is 5.56 Å². The first kappa shape index (κ1) is 17.0. The van der Waals surface area contributed by atoms with Crippen molar-refractivity contribution in [3.8, 4) is 16.9 Å². The molecule has 0 amide bonds. The molecule has 0 bridgehead atoms. The number of carbonyl (C=O) groups excluding carboxylic acids is 1. The maximum Gasteiger partial charge on any atom is 0.150 e. The van der Waals surface area contributed by atoms with Gasteiger partial charge in [-0.1, -0.05) is 37.3 Å². The molecule has 112 valence electrons. The predicted molar refractivity (Wildman–Crippen MR) is 89.1 cm³/mol. The highest BCUT2D eigenvalue weighted by molar-refractivity contribution is 5.80. The van der Waals surface area contributed by atoms with Crippen molar-refractivity contribution in [1.82, 2.24) is 0 Å². The van der Waals surface area contributed by atoms with Crippen LogP contribution < -0.4 is 4.74 Å². The van der Waals surface area contributed by atoms with E-state index in [2.05, 4.69) is 31.2 Å². The Hall–Kier alpha value is -2.09. The molecule has 0 aliphatic heterocycles. The van der Waals surface area contributed by atoms with Crippen LogP contribution >= 0.6 is 0 Å². The minimum atomic E-state index is -0.286. The van der Waals surface area contributed by atoms with Crippen molar-refractivity contribution < 1.29 is 9.53 Å². The van der Waals surface area contributed by atoms with Crippen LogP contribution in [-0.2, 0) is 0 Å². The highest BCUT2D eigenvalue weighted by atomic mass is 16.5. The van der Waals surface area contributed by atoms with Gasteiger partial charge >= 0.3 is 0 Å². The zero-order chi connectivity index (χ0) is 14.8. The molecule has 0 spiro atoms. The van der Waals surface area contributed by atoms with E-state index in [-0.39, 0.29) is 13.0 Å². The molecule has 0 aliphatic rings. The van der Waals surface area contributed by atoms with Crippen molar-refractivity contribution in [3.05, 3.63) is 53.6 Å². The molecule has 0 N–H and O–H groups in total. The van der Waals surface area contributed by atoms with Crippen LogP contribution in [-0.4, -0.2) is 11.9 Å². The number of hydrogen-bond acceptors (Lipinski definition) is 2. The highest BCUT2D eigenvalue weighted by Crippen LogP contribution is 2.28. The van der Waals surface area contributed by atoms with Crippen molar-refractivity contribution >= 4 is 6.29 Å². The number of ether oxygens (including phenoxy) is 1. The third-order valence-electron chi connectivity index (χ3n) is 2.87. The summed E-state index contributed by atoms with van der Waals surface area (Å²) in [4.78, 5) is 11.1. The number of aldehydes is 1. The minimum Gasteiger partial charge on any atom is -0.488 e. The van der Waals surface area contributed by atoms with E-state index in [1.54, 1.807) is 6.07 Å². The summed E-state index contributed by atoms with van der Waals surface area (Å²) in [7, 11) is 0. The van der Waals surface area contributed by atoms with Gasteiger partial charge in [-0.25, -0.2) is 0 Å². The molecule has 0 fully saturated rings. The van der Waals surface area contributed by atoms with E-state index in [0.29, 0.717) is 5.56 Å². The molecule has 0 radical (unpaired) electrons. The molecule has 0 aromatic heterocycles. The SMILES string of the molecule is C.Cc1ccc(-c2cc(C=O)cc(OC(C)(C)C)c2)cc1. The smallest absolute Gasteiger partial charge is 0.150 e. The van der Waals surface area contributed by atoms with Crippen LogP contribution in [0.25, 0.3) is 11.1 Å². The summed E-state index contributed by atoms with van der Waals surface area (Å²) in [5.41, 5.74) is 3.63. The molecule has 2 rings (SSSR count). The van der Waals surface area contributed by atoms with E-state index in [4.69, 9.17) is 4.74 Å². The zero-order valence-corrected chi connectivity index (χ0v) is 12.4. The Morgan fingerprint density at radius 1 is 0.952 bits per heavy atom. The van der Waals surface area contributed by atoms with Crippen molar-refractivity contribution in [2.45, 2.75) is 40.7 Å². The van der Waals surface area contributed by atoms with Gasteiger partial charge in [0.1, 0.15) is 17.6 Å². The molecule has 21 heavy (non-hydrogen) atoms. The topological polar surface area (TPSA) is 26.3 Å². The van der Waals surface area contributed by atoms with Crippen LogP contribution in [0.4, 0.5) is 0 Å². The third kappa shape index (κ3) is 4.75. The first-order chi connectivity index (χ1) is 9.37. The van der Waals surface area contributed by atoms with Gasteiger partial charge in [0.15, 0.2) is 0 Å². The summed E-state index contributed by atoms with van der Waals surface area (Å²) in [5.74, 6) is 0.720. The first-order valence-corrected chi connectivity index (χ1v) is 6.74. The Morgan fingerprint density at radius 3 is 2.10 bits per heavy atom. The number of carbonyl (C=O) groups is 1. The summed E-state index contributed by atoms with van der Waals surface area (Å²) < 4.78 is 5.87. The molecule has 0 unspecified atom stereocenters. The lowest BCUT2D eigenvalue weighted by Crippen LogP contribution is -2.23. The second kappa shape index (κ2) is 6.57. The molecular formula is C19H24O2. The first-order valence-electron chi connectivity index (χ1n) is 6.74. The number of benzene rings is 2. The van der Waals surface area contributed by atoms with Crippen molar-refractivity contribution in [2.24, 2.45) is 0 Å². The molecule has 0 aliphatic carbocycles. The highest BCUT2D eigenvalue weighted by Gasteiger charge is 2.13. The largest absolute Gasteiger partial charge is 0.488 e. The van der Waals surface area contributed by atoms with E-state index in [0.717, 1.165) is 23.2 Å². The predicted octanol–water partition coefficient (Wildman–Crippen LogP) is 5.29. The second-order valence-corrected chi connectivity index (χ2v) is 5.99. The quantitative estimate of drug-likeness (QED) is 0.716. The monoisotopic (exact) mass is 284 g/mol. The number of hydrogen-bond donors (Lipinski definition) is 0. The van der Waals surface area contributed by atoms with Gasteiger partial charge in [0.2, 0.25) is 0 Å². The van der Waals surface area contributed by atoms with E-state index >= 15 is 0 Å². The van der Waals surface area contributed by atoms with Crippen molar-refractivity contribution in [3.63, 3.8) is 0 Å². The Morgan fingerprint density at radius 2 is 1.57 bits per heavy atom. The van der Waals surface area contributed by atoms with Crippen LogP contribution in [0.3, 0.4) is 0 Å². The Bertz CT molecular complexity index is 604. The summed E-state index contributed by atoms with van der Waals surface area (Å²) >= 11 is 0. The third-order valence-corrected chi connectivity index (χ3v) is 2.87. The van der Waals surface area contributed by atoms with Gasteiger partial charge in [0.05, 0.1) is 0 Å². The fraction of sp³-hybridized carbons (Fsp3) is 0.316. The van der Waals surface area contributed by atoms with Gasteiger partial charge in [-0.3, -0.25) is 4.79 Å². The van der Waals surface area contributed by atoms with E-state index in [1.807, 2.05) is 32.9 Å². The molecule has 0 atom stereocenters. The lowest BCUT2D eigenvalue weighted by Gasteiger charge is -2.22. The van der Waals surface area contributed by atoms with E-state index in [9.17, 15) is 4.79 Å². The average Bonchev–Trinajstić information content (AvgIpc) is 2.37. The standard InChI is InChI=1S/C18H20O2.CH4/c1-13-5-7-15(8-6-13)16-9-14(12-19)10-17(11-16)20-18(2,3)4;/h5-12H,1-4H3;1H4. The lowest BCUT2D eigenvalue weighted by atomic mass is 10.0. The summed E-state index contributed by atoms with van der Waals surface area (Å²) in [6.07, 6.45) is 0.854. The van der Waals surface area contributed by atoms with Crippen LogP contribution in [0.5, 0.6) is 5.75 Å². The van der Waals surface area contributed by atoms with Crippen LogP contribution in [0, 0.1) is 6.92 Å². The Kier molecular flexibility index (Phi) is 5.31. The molecule has 0 saturated heterocycles. The molecular weight excluding hydrogens is 260 g/mol. The maximum atomic E-state index is 11.1. The summed E-state index contributed by atoms with van der Waals surface area (Å²) in [6.45, 7) is 8.03. The fourth-order valence-electron chi connectivity index (χ4n) is 2.02. The molecule has 2 aromatic rings. The fourth-order valence-corrected chi connectivity index (χ4v) is 2.02. The van der Waals surface area contributed by atoms with Gasteiger partial charge < -0.3 is 4.74 Å². The second-order valence-electron chi connectivity index (χ2n) is 5.99. The molecule has 0 saturated carbocycles. The number of rotatable bonds is 3. The average molecular weight is 284 g/mol.